The van der Waals surface area contributed by atoms with Crippen molar-refractivity contribution in [2.45, 2.75) is 31.2 Å². The van der Waals surface area contributed by atoms with E-state index in [1.807, 2.05) is 6.07 Å². The van der Waals surface area contributed by atoms with Gasteiger partial charge in [0.25, 0.3) is 0 Å². The molecular formula is C13H18N2O3S. The lowest BCUT2D eigenvalue weighted by Gasteiger charge is -2.25. The van der Waals surface area contributed by atoms with Crippen molar-refractivity contribution in [3.63, 3.8) is 0 Å². The largest absolute Gasteiger partial charge is 0.396 e. The van der Waals surface area contributed by atoms with Crippen LogP contribution in [0.4, 0.5) is 0 Å². The highest BCUT2D eigenvalue weighted by Gasteiger charge is 2.26. The van der Waals surface area contributed by atoms with Gasteiger partial charge in [-0.2, -0.15) is 9.57 Å². The van der Waals surface area contributed by atoms with Crippen LogP contribution in [0.25, 0.3) is 0 Å². The molecule has 0 fully saturated rings. The minimum absolute atomic E-state index is 0.0586. The van der Waals surface area contributed by atoms with Crippen molar-refractivity contribution in [1.82, 2.24) is 4.31 Å². The van der Waals surface area contributed by atoms with Crippen LogP contribution in [-0.4, -0.2) is 37.0 Å². The van der Waals surface area contributed by atoms with Gasteiger partial charge in [0, 0.05) is 19.2 Å². The Kier molecular flexibility index (Phi) is 5.48. The summed E-state index contributed by atoms with van der Waals surface area (Å²) in [5, 5.41) is 17.7. The minimum Gasteiger partial charge on any atom is -0.396 e. The van der Waals surface area contributed by atoms with E-state index in [9.17, 15) is 8.42 Å². The van der Waals surface area contributed by atoms with Crippen LogP contribution in [0.2, 0.25) is 0 Å². The van der Waals surface area contributed by atoms with E-state index in [4.69, 9.17) is 10.4 Å². The normalized spacial score (nSPS) is 11.8. The molecule has 1 N–H and O–H groups in total. The Morgan fingerprint density at radius 2 is 2.11 bits per heavy atom. The fraction of sp³-hybridized carbons (Fsp3) is 0.462. The molecule has 6 heteroatoms. The summed E-state index contributed by atoms with van der Waals surface area (Å²) in [6.45, 7) is 3.76. The van der Waals surface area contributed by atoms with Crippen molar-refractivity contribution in [3.8, 4) is 6.07 Å². The van der Waals surface area contributed by atoms with Gasteiger partial charge >= 0.3 is 0 Å². The molecule has 0 radical (unpaired) electrons. The summed E-state index contributed by atoms with van der Waals surface area (Å²) < 4.78 is 26.3. The standard InChI is InChI=1S/C13H18N2O3S/c1-11(2)15(7-4-8-16)19(17,18)13-6-3-5-12(9-13)10-14/h3,5-6,9,11,16H,4,7-8H2,1-2H3. The maximum atomic E-state index is 12.5. The lowest BCUT2D eigenvalue weighted by atomic mass is 10.2. The van der Waals surface area contributed by atoms with Crippen molar-refractivity contribution in [2.75, 3.05) is 13.2 Å². The zero-order valence-corrected chi connectivity index (χ0v) is 11.9. The average Bonchev–Trinajstić information content (AvgIpc) is 2.38. The van der Waals surface area contributed by atoms with Crippen molar-refractivity contribution < 1.29 is 13.5 Å². The molecule has 0 unspecified atom stereocenters. The Morgan fingerprint density at radius 3 is 2.63 bits per heavy atom. The summed E-state index contributed by atoms with van der Waals surface area (Å²) in [6.07, 6.45) is 0.384. The smallest absolute Gasteiger partial charge is 0.243 e. The molecule has 0 amide bonds. The van der Waals surface area contributed by atoms with Crippen LogP contribution in [0.5, 0.6) is 0 Å². The van der Waals surface area contributed by atoms with E-state index in [0.717, 1.165) is 0 Å². The van der Waals surface area contributed by atoms with E-state index in [1.54, 1.807) is 26.0 Å². The molecule has 104 valence electrons. The van der Waals surface area contributed by atoms with Crippen LogP contribution in [0.3, 0.4) is 0 Å². The molecule has 0 atom stereocenters. The Bertz CT molecular complexity index is 561. The molecule has 0 saturated heterocycles. The van der Waals surface area contributed by atoms with Gasteiger partial charge in [0.15, 0.2) is 0 Å². The second-order valence-corrected chi connectivity index (χ2v) is 6.32. The van der Waals surface area contributed by atoms with Gasteiger partial charge in [-0.3, -0.25) is 0 Å². The molecule has 0 spiro atoms. The number of hydrogen-bond acceptors (Lipinski definition) is 4. The molecule has 19 heavy (non-hydrogen) atoms. The van der Waals surface area contributed by atoms with Crippen LogP contribution in [0.15, 0.2) is 29.2 Å². The fourth-order valence-corrected chi connectivity index (χ4v) is 3.47. The van der Waals surface area contributed by atoms with E-state index < -0.39 is 10.0 Å². The Labute approximate surface area is 114 Å². The number of hydrogen-bond donors (Lipinski definition) is 1. The van der Waals surface area contributed by atoms with Crippen molar-refractivity contribution >= 4 is 10.0 Å². The van der Waals surface area contributed by atoms with Crippen LogP contribution < -0.4 is 0 Å². The molecular weight excluding hydrogens is 264 g/mol. The first kappa shape index (κ1) is 15.6. The molecule has 1 rings (SSSR count). The number of aliphatic hydroxyl groups is 1. The second kappa shape index (κ2) is 6.66. The number of sulfonamides is 1. The zero-order valence-electron chi connectivity index (χ0n) is 11.1. The lowest BCUT2D eigenvalue weighted by molar-refractivity contribution is 0.258. The molecule has 5 nitrogen and oxygen atoms in total. The third-order valence-corrected chi connectivity index (χ3v) is 4.75. The van der Waals surface area contributed by atoms with E-state index in [2.05, 4.69) is 0 Å². The number of benzene rings is 1. The highest BCUT2D eigenvalue weighted by Crippen LogP contribution is 2.19. The summed E-state index contributed by atoms with van der Waals surface area (Å²) in [4.78, 5) is 0.109. The quantitative estimate of drug-likeness (QED) is 0.853. The highest BCUT2D eigenvalue weighted by molar-refractivity contribution is 7.89. The molecule has 0 aromatic heterocycles. The number of nitrogens with zero attached hydrogens (tertiary/aromatic N) is 2. The van der Waals surface area contributed by atoms with Gasteiger partial charge in [-0.15, -0.1) is 0 Å². The molecule has 0 saturated carbocycles. The third-order valence-electron chi connectivity index (χ3n) is 2.68. The van der Waals surface area contributed by atoms with Crippen LogP contribution >= 0.6 is 0 Å². The third kappa shape index (κ3) is 3.77. The summed E-state index contributed by atoms with van der Waals surface area (Å²) in [7, 11) is -3.63. The maximum Gasteiger partial charge on any atom is 0.243 e. The van der Waals surface area contributed by atoms with Gasteiger partial charge in [0.2, 0.25) is 10.0 Å². The predicted octanol–water partition coefficient (Wildman–Crippen LogP) is 1.34. The first-order valence-corrected chi connectivity index (χ1v) is 7.50. The van der Waals surface area contributed by atoms with E-state index in [1.165, 1.54) is 16.4 Å². The van der Waals surface area contributed by atoms with E-state index in [0.29, 0.717) is 12.0 Å². The molecule has 0 aliphatic rings. The minimum atomic E-state index is -3.63. The summed E-state index contributed by atoms with van der Waals surface area (Å²) >= 11 is 0. The summed E-state index contributed by atoms with van der Waals surface area (Å²) in [6, 6.07) is 7.68. The maximum absolute atomic E-state index is 12.5. The molecule has 0 heterocycles. The number of aliphatic hydroxyl groups excluding tert-OH is 1. The second-order valence-electron chi connectivity index (χ2n) is 4.43. The summed E-state index contributed by atoms with van der Waals surface area (Å²) in [5.41, 5.74) is 0.312. The average molecular weight is 282 g/mol. The SMILES string of the molecule is CC(C)N(CCCO)S(=O)(=O)c1cccc(C#N)c1. The van der Waals surface area contributed by atoms with Crippen LogP contribution in [0.1, 0.15) is 25.8 Å². The van der Waals surface area contributed by atoms with Gasteiger partial charge in [-0.1, -0.05) is 6.07 Å². The number of rotatable bonds is 6. The fourth-order valence-electron chi connectivity index (χ4n) is 1.74. The monoisotopic (exact) mass is 282 g/mol. The van der Waals surface area contributed by atoms with Gasteiger partial charge in [0.1, 0.15) is 0 Å². The number of nitriles is 1. The molecule has 1 aromatic rings. The summed E-state index contributed by atoms with van der Waals surface area (Å²) in [5.74, 6) is 0. The predicted molar refractivity (Wildman–Crippen MR) is 71.9 cm³/mol. The Morgan fingerprint density at radius 1 is 1.42 bits per heavy atom. The topological polar surface area (TPSA) is 81.4 Å². The van der Waals surface area contributed by atoms with Gasteiger partial charge in [-0.05, 0) is 38.5 Å². The first-order chi connectivity index (χ1) is 8.93. The van der Waals surface area contributed by atoms with Crippen LogP contribution in [0, 0.1) is 11.3 Å². The first-order valence-electron chi connectivity index (χ1n) is 6.06. The van der Waals surface area contributed by atoms with Crippen molar-refractivity contribution in [3.05, 3.63) is 29.8 Å². The van der Waals surface area contributed by atoms with Crippen molar-refractivity contribution in [2.24, 2.45) is 0 Å². The molecule has 0 aliphatic heterocycles. The van der Waals surface area contributed by atoms with Crippen molar-refractivity contribution in [1.29, 1.82) is 5.26 Å². The van der Waals surface area contributed by atoms with Gasteiger partial charge < -0.3 is 5.11 Å². The van der Waals surface area contributed by atoms with Gasteiger partial charge in [0.05, 0.1) is 16.5 Å². The molecule has 0 aliphatic carbocycles. The Hall–Kier alpha value is -1.42. The zero-order chi connectivity index (χ0) is 14.5. The Balaban J connectivity index is 3.15. The van der Waals surface area contributed by atoms with E-state index >= 15 is 0 Å². The van der Waals surface area contributed by atoms with Crippen LogP contribution in [-0.2, 0) is 10.0 Å². The van der Waals surface area contributed by atoms with Gasteiger partial charge in [-0.25, -0.2) is 8.42 Å². The van der Waals surface area contributed by atoms with E-state index in [-0.39, 0.29) is 24.1 Å². The highest BCUT2D eigenvalue weighted by atomic mass is 32.2. The molecule has 0 bridgehead atoms. The molecule has 1 aromatic carbocycles. The lowest BCUT2D eigenvalue weighted by Crippen LogP contribution is -2.38.